The second kappa shape index (κ2) is 6.76. The predicted octanol–water partition coefficient (Wildman–Crippen LogP) is 2.38. The molecule has 0 aromatic carbocycles. The number of carboxylic acids is 1. The van der Waals surface area contributed by atoms with Crippen molar-refractivity contribution in [2.45, 2.75) is 46.5 Å². The number of rotatable bonds is 6. The summed E-state index contributed by atoms with van der Waals surface area (Å²) in [5, 5.41) is 8.97. The van der Waals surface area contributed by atoms with E-state index in [-0.39, 0.29) is 17.7 Å². The van der Waals surface area contributed by atoms with Crippen molar-refractivity contribution in [1.82, 2.24) is 4.90 Å². The van der Waals surface area contributed by atoms with Crippen molar-refractivity contribution in [3.05, 3.63) is 0 Å². The van der Waals surface area contributed by atoms with Crippen LogP contribution in [0.15, 0.2) is 0 Å². The Labute approximate surface area is 109 Å². The highest BCUT2D eigenvalue weighted by molar-refractivity contribution is 5.81. The van der Waals surface area contributed by atoms with Crippen molar-refractivity contribution in [2.24, 2.45) is 17.8 Å². The summed E-state index contributed by atoms with van der Waals surface area (Å²) in [6.07, 6.45) is 2.96. The first kappa shape index (κ1) is 15.0. The van der Waals surface area contributed by atoms with Crippen LogP contribution >= 0.6 is 0 Å². The number of amides is 1. The topological polar surface area (TPSA) is 57.6 Å². The van der Waals surface area contributed by atoms with Gasteiger partial charge >= 0.3 is 5.97 Å². The zero-order valence-corrected chi connectivity index (χ0v) is 11.7. The number of carbonyl (C=O) groups excluding carboxylic acids is 1. The number of carbonyl (C=O) groups is 2. The molecule has 1 rings (SSSR count). The summed E-state index contributed by atoms with van der Waals surface area (Å²) in [6.45, 7) is 7.77. The number of aliphatic carboxylic acids is 1. The second-order valence-corrected chi connectivity index (χ2v) is 5.44. The van der Waals surface area contributed by atoms with Gasteiger partial charge < -0.3 is 10.0 Å². The SMILES string of the molecule is CCC(C)CN(CC)C(=O)[C@@H]1CC[C@H](C(=O)O)C1. The molecule has 1 saturated carbocycles. The first-order valence-electron chi connectivity index (χ1n) is 7.01. The quantitative estimate of drug-likeness (QED) is 0.792. The maximum absolute atomic E-state index is 12.3. The predicted molar refractivity (Wildman–Crippen MR) is 70.2 cm³/mol. The Hall–Kier alpha value is -1.06. The zero-order chi connectivity index (χ0) is 13.7. The smallest absolute Gasteiger partial charge is 0.306 e. The molecule has 0 bridgehead atoms. The van der Waals surface area contributed by atoms with Gasteiger partial charge in [-0.2, -0.15) is 0 Å². The lowest BCUT2D eigenvalue weighted by Crippen LogP contribution is -2.38. The number of hydrogen-bond acceptors (Lipinski definition) is 2. The van der Waals surface area contributed by atoms with E-state index < -0.39 is 5.97 Å². The monoisotopic (exact) mass is 255 g/mol. The molecule has 0 radical (unpaired) electrons. The Kier molecular flexibility index (Phi) is 5.63. The van der Waals surface area contributed by atoms with Crippen molar-refractivity contribution >= 4 is 11.9 Å². The average Bonchev–Trinajstić information content (AvgIpc) is 2.84. The molecule has 4 heteroatoms. The highest BCUT2D eigenvalue weighted by Gasteiger charge is 2.35. The highest BCUT2D eigenvalue weighted by atomic mass is 16.4. The first-order chi connectivity index (χ1) is 8.49. The minimum Gasteiger partial charge on any atom is -0.481 e. The Bertz CT molecular complexity index is 303. The largest absolute Gasteiger partial charge is 0.481 e. The summed E-state index contributed by atoms with van der Waals surface area (Å²) >= 11 is 0. The van der Waals surface area contributed by atoms with E-state index in [0.717, 1.165) is 25.9 Å². The minimum absolute atomic E-state index is 0.0740. The number of nitrogens with zero attached hydrogens (tertiary/aromatic N) is 1. The second-order valence-electron chi connectivity index (χ2n) is 5.44. The highest BCUT2D eigenvalue weighted by Crippen LogP contribution is 2.32. The average molecular weight is 255 g/mol. The van der Waals surface area contributed by atoms with Crippen LogP contribution in [0.25, 0.3) is 0 Å². The van der Waals surface area contributed by atoms with Gasteiger partial charge in [0.15, 0.2) is 0 Å². The third kappa shape index (κ3) is 3.72. The van der Waals surface area contributed by atoms with E-state index in [2.05, 4.69) is 13.8 Å². The van der Waals surface area contributed by atoms with Crippen molar-refractivity contribution in [3.8, 4) is 0 Å². The molecule has 0 aromatic rings. The molecule has 0 heterocycles. The van der Waals surface area contributed by atoms with E-state index in [9.17, 15) is 9.59 Å². The molecule has 1 aliphatic carbocycles. The van der Waals surface area contributed by atoms with Crippen LogP contribution in [-0.4, -0.2) is 35.0 Å². The molecule has 1 aliphatic rings. The molecule has 104 valence electrons. The lowest BCUT2D eigenvalue weighted by molar-refractivity contribution is -0.141. The Morgan fingerprint density at radius 1 is 1.28 bits per heavy atom. The van der Waals surface area contributed by atoms with Crippen LogP contribution in [-0.2, 0) is 9.59 Å². The molecule has 18 heavy (non-hydrogen) atoms. The van der Waals surface area contributed by atoms with Gasteiger partial charge in [-0.05, 0) is 32.1 Å². The summed E-state index contributed by atoms with van der Waals surface area (Å²) in [5.74, 6) is -0.487. The lowest BCUT2D eigenvalue weighted by atomic mass is 10.0. The molecule has 4 nitrogen and oxygen atoms in total. The van der Waals surface area contributed by atoms with Crippen molar-refractivity contribution in [1.29, 1.82) is 0 Å². The fraction of sp³-hybridized carbons (Fsp3) is 0.857. The molecule has 0 saturated heterocycles. The molecule has 1 fully saturated rings. The summed E-state index contributed by atoms with van der Waals surface area (Å²) in [5.41, 5.74) is 0. The van der Waals surface area contributed by atoms with Crippen LogP contribution < -0.4 is 0 Å². The molecule has 1 amide bonds. The summed E-state index contributed by atoms with van der Waals surface area (Å²) < 4.78 is 0. The van der Waals surface area contributed by atoms with Gasteiger partial charge in [-0.25, -0.2) is 0 Å². The van der Waals surface area contributed by atoms with Crippen LogP contribution in [0.4, 0.5) is 0 Å². The Morgan fingerprint density at radius 3 is 2.33 bits per heavy atom. The van der Waals surface area contributed by atoms with E-state index in [1.165, 1.54) is 0 Å². The van der Waals surface area contributed by atoms with E-state index >= 15 is 0 Å². The van der Waals surface area contributed by atoms with Crippen LogP contribution in [0.2, 0.25) is 0 Å². The van der Waals surface area contributed by atoms with Gasteiger partial charge in [0, 0.05) is 19.0 Å². The van der Waals surface area contributed by atoms with Crippen molar-refractivity contribution in [3.63, 3.8) is 0 Å². The fourth-order valence-electron chi connectivity index (χ4n) is 2.57. The molecule has 0 aromatic heterocycles. The lowest BCUT2D eigenvalue weighted by Gasteiger charge is -2.26. The Balaban J connectivity index is 2.54. The van der Waals surface area contributed by atoms with Gasteiger partial charge in [0.05, 0.1) is 5.92 Å². The van der Waals surface area contributed by atoms with Gasteiger partial charge in [0.25, 0.3) is 0 Å². The minimum atomic E-state index is -0.754. The molecular weight excluding hydrogens is 230 g/mol. The molecule has 1 N–H and O–H groups in total. The third-order valence-corrected chi connectivity index (χ3v) is 4.05. The van der Waals surface area contributed by atoms with Gasteiger partial charge in [0.1, 0.15) is 0 Å². The molecule has 3 atom stereocenters. The van der Waals surface area contributed by atoms with Crippen LogP contribution in [0.5, 0.6) is 0 Å². The van der Waals surface area contributed by atoms with Crippen molar-refractivity contribution < 1.29 is 14.7 Å². The summed E-state index contributed by atoms with van der Waals surface area (Å²) in [7, 11) is 0. The van der Waals surface area contributed by atoms with E-state index in [1.54, 1.807) is 0 Å². The molecule has 0 aliphatic heterocycles. The van der Waals surface area contributed by atoms with Gasteiger partial charge in [-0.3, -0.25) is 9.59 Å². The van der Waals surface area contributed by atoms with Gasteiger partial charge in [0.2, 0.25) is 5.91 Å². The number of hydrogen-bond donors (Lipinski definition) is 1. The maximum Gasteiger partial charge on any atom is 0.306 e. The van der Waals surface area contributed by atoms with Gasteiger partial charge in [-0.1, -0.05) is 20.3 Å². The van der Waals surface area contributed by atoms with Gasteiger partial charge in [-0.15, -0.1) is 0 Å². The molecule has 1 unspecified atom stereocenters. The normalized spacial score (nSPS) is 24.8. The number of carboxylic acid groups (broad SMARTS) is 1. The van der Waals surface area contributed by atoms with E-state index in [4.69, 9.17) is 5.11 Å². The molecule has 0 spiro atoms. The maximum atomic E-state index is 12.3. The van der Waals surface area contributed by atoms with Crippen LogP contribution in [0.1, 0.15) is 46.5 Å². The first-order valence-corrected chi connectivity index (χ1v) is 7.01. The van der Waals surface area contributed by atoms with Crippen molar-refractivity contribution in [2.75, 3.05) is 13.1 Å². The Morgan fingerprint density at radius 2 is 1.89 bits per heavy atom. The summed E-state index contributed by atoms with van der Waals surface area (Å²) in [6, 6.07) is 0. The standard InChI is InChI=1S/C14H25NO3/c1-4-10(3)9-15(5-2)13(16)11-6-7-12(8-11)14(17)18/h10-12H,4-9H2,1-3H3,(H,17,18)/t10?,11-,12+/m1/s1. The third-order valence-electron chi connectivity index (χ3n) is 4.05. The zero-order valence-electron chi connectivity index (χ0n) is 11.7. The van der Waals surface area contributed by atoms with Crippen LogP contribution in [0, 0.1) is 17.8 Å². The fourth-order valence-corrected chi connectivity index (χ4v) is 2.57. The van der Waals surface area contributed by atoms with E-state index in [1.807, 2.05) is 11.8 Å². The molecular formula is C14H25NO3. The summed E-state index contributed by atoms with van der Waals surface area (Å²) in [4.78, 5) is 25.1. The van der Waals surface area contributed by atoms with E-state index in [0.29, 0.717) is 18.8 Å². The van der Waals surface area contributed by atoms with Crippen LogP contribution in [0.3, 0.4) is 0 Å².